The van der Waals surface area contributed by atoms with Crippen molar-refractivity contribution in [3.63, 3.8) is 0 Å². The fourth-order valence-corrected chi connectivity index (χ4v) is 5.90. The van der Waals surface area contributed by atoms with Gasteiger partial charge in [-0.3, -0.25) is 9.59 Å². The number of nitriles is 1. The number of thioether (sulfide) groups is 1. The Morgan fingerprint density at radius 3 is 2.68 bits per heavy atom. The number of nitrogens with zero attached hydrogens (tertiary/aromatic N) is 4. The largest absolute Gasteiger partial charge is 0.326 e. The van der Waals surface area contributed by atoms with Gasteiger partial charge in [-0.25, -0.2) is 4.39 Å². The lowest BCUT2D eigenvalue weighted by atomic mass is 9.96. The number of nitrogens with one attached hydrogen (secondary N) is 2. The molecule has 1 aliphatic carbocycles. The van der Waals surface area contributed by atoms with Crippen LogP contribution in [0.1, 0.15) is 41.6 Å². The molecule has 0 spiro atoms. The highest BCUT2D eigenvalue weighted by atomic mass is 32.2. The van der Waals surface area contributed by atoms with Gasteiger partial charge in [0.15, 0.2) is 5.16 Å². The molecule has 3 aromatic rings. The number of anilines is 2. The van der Waals surface area contributed by atoms with E-state index in [2.05, 4.69) is 26.9 Å². The molecule has 0 bridgehead atoms. The Kier molecular flexibility index (Phi) is 7.59. The van der Waals surface area contributed by atoms with Crippen LogP contribution in [0.15, 0.2) is 29.4 Å². The van der Waals surface area contributed by atoms with Crippen LogP contribution in [0.5, 0.6) is 0 Å². The maximum absolute atomic E-state index is 13.0. The Morgan fingerprint density at radius 2 is 1.94 bits per heavy atom. The van der Waals surface area contributed by atoms with Gasteiger partial charge in [-0.15, -0.1) is 21.5 Å². The monoisotopic (exact) mass is 498 g/mol. The second-order valence-corrected chi connectivity index (χ2v) is 9.79. The minimum Gasteiger partial charge on any atom is -0.326 e. The van der Waals surface area contributed by atoms with Crippen molar-refractivity contribution in [3.05, 3.63) is 51.9 Å². The summed E-state index contributed by atoms with van der Waals surface area (Å²) in [6, 6.07) is 7.77. The van der Waals surface area contributed by atoms with Gasteiger partial charge < -0.3 is 15.2 Å². The summed E-state index contributed by atoms with van der Waals surface area (Å²) in [4.78, 5) is 26.2. The highest BCUT2D eigenvalue weighted by Crippen LogP contribution is 2.37. The summed E-state index contributed by atoms with van der Waals surface area (Å²) in [7, 11) is 0. The first-order valence-corrected chi connectivity index (χ1v) is 12.7. The molecule has 2 N–H and O–H groups in total. The summed E-state index contributed by atoms with van der Waals surface area (Å²) in [6.45, 7) is 2.44. The fraction of sp³-hybridized carbons (Fsp3) is 0.348. The molecule has 34 heavy (non-hydrogen) atoms. The highest BCUT2D eigenvalue weighted by Gasteiger charge is 2.22. The van der Waals surface area contributed by atoms with Crippen molar-refractivity contribution in [2.24, 2.45) is 0 Å². The Morgan fingerprint density at radius 1 is 1.18 bits per heavy atom. The topological polar surface area (TPSA) is 113 Å². The van der Waals surface area contributed by atoms with Crippen LogP contribution in [0, 0.1) is 17.1 Å². The molecule has 11 heteroatoms. The Labute approximate surface area is 204 Å². The summed E-state index contributed by atoms with van der Waals surface area (Å²) in [5, 5.41) is 24.6. The standard InChI is InChI=1S/C23H23FN6O2S2/c1-2-30-19(11-20(31)26-15-9-7-14(24)8-10-15)28-29-23(30)33-13-21(32)27-22-17(12-25)16-5-3-4-6-18(16)34-22/h7-10H,2-6,11,13H2,1H3,(H,26,31)(H,27,32). The normalized spacial score (nSPS) is 12.6. The lowest BCUT2D eigenvalue weighted by Gasteiger charge is -2.09. The second kappa shape index (κ2) is 10.8. The van der Waals surface area contributed by atoms with E-state index in [-0.39, 0.29) is 29.8 Å². The molecule has 4 rings (SSSR count). The average molecular weight is 499 g/mol. The maximum atomic E-state index is 13.0. The Hall–Kier alpha value is -3.23. The number of rotatable bonds is 8. The molecule has 0 saturated heterocycles. The first kappa shape index (κ1) is 23.9. The van der Waals surface area contributed by atoms with Gasteiger partial charge in [-0.2, -0.15) is 5.26 Å². The van der Waals surface area contributed by atoms with Crippen molar-refractivity contribution in [2.45, 2.75) is 50.7 Å². The molecular weight excluding hydrogens is 475 g/mol. The van der Waals surface area contributed by atoms with Gasteiger partial charge in [0.1, 0.15) is 22.7 Å². The smallest absolute Gasteiger partial charge is 0.235 e. The van der Waals surface area contributed by atoms with E-state index in [1.807, 2.05) is 6.92 Å². The van der Waals surface area contributed by atoms with Crippen molar-refractivity contribution in [2.75, 3.05) is 16.4 Å². The number of thiophene rings is 1. The molecule has 0 aliphatic heterocycles. The number of hydrogen-bond acceptors (Lipinski definition) is 7. The van der Waals surface area contributed by atoms with E-state index < -0.39 is 0 Å². The zero-order valence-electron chi connectivity index (χ0n) is 18.6. The van der Waals surface area contributed by atoms with E-state index in [0.29, 0.717) is 33.8 Å². The molecule has 2 heterocycles. The zero-order chi connectivity index (χ0) is 24.1. The summed E-state index contributed by atoms with van der Waals surface area (Å²) in [5.74, 6) is -0.317. The molecule has 2 amide bonds. The zero-order valence-corrected chi connectivity index (χ0v) is 20.2. The number of fused-ring (bicyclic) bond motifs is 1. The molecule has 176 valence electrons. The van der Waals surface area contributed by atoms with Crippen LogP contribution in [0.4, 0.5) is 15.1 Å². The van der Waals surface area contributed by atoms with Crippen molar-refractivity contribution in [1.29, 1.82) is 5.26 Å². The molecular formula is C23H23FN6O2S2. The Bertz CT molecular complexity index is 1250. The third-order valence-electron chi connectivity index (χ3n) is 5.42. The first-order chi connectivity index (χ1) is 16.5. The fourth-order valence-electron chi connectivity index (χ4n) is 3.82. The van der Waals surface area contributed by atoms with Crippen LogP contribution in [-0.4, -0.2) is 32.3 Å². The van der Waals surface area contributed by atoms with Crippen LogP contribution in [0.3, 0.4) is 0 Å². The van der Waals surface area contributed by atoms with Crippen molar-refractivity contribution in [3.8, 4) is 6.07 Å². The van der Waals surface area contributed by atoms with Crippen LogP contribution < -0.4 is 10.6 Å². The van der Waals surface area contributed by atoms with Gasteiger partial charge in [-0.1, -0.05) is 11.8 Å². The predicted molar refractivity (Wildman–Crippen MR) is 129 cm³/mol. The molecule has 0 saturated carbocycles. The SMILES string of the molecule is CCn1c(CC(=O)Nc2ccc(F)cc2)nnc1SCC(=O)Nc1sc2c(c1C#N)CCCC2. The number of amides is 2. The van der Waals surface area contributed by atoms with Crippen LogP contribution in [0.2, 0.25) is 0 Å². The van der Waals surface area contributed by atoms with E-state index in [0.717, 1.165) is 31.2 Å². The third-order valence-corrected chi connectivity index (χ3v) is 7.60. The summed E-state index contributed by atoms with van der Waals surface area (Å²) in [6.07, 6.45) is 4.02. The van der Waals surface area contributed by atoms with Gasteiger partial charge >= 0.3 is 0 Å². The number of benzene rings is 1. The van der Waals surface area contributed by atoms with Crippen LogP contribution >= 0.6 is 23.1 Å². The third kappa shape index (κ3) is 5.46. The molecule has 1 aromatic carbocycles. The minimum atomic E-state index is -0.378. The number of halogens is 1. The number of carbonyl (C=O) groups excluding carboxylic acids is 2. The van der Waals surface area contributed by atoms with Crippen molar-refractivity contribution >= 4 is 45.6 Å². The minimum absolute atomic E-state index is 0.00273. The Balaban J connectivity index is 1.36. The maximum Gasteiger partial charge on any atom is 0.235 e. The number of hydrogen-bond donors (Lipinski definition) is 2. The highest BCUT2D eigenvalue weighted by molar-refractivity contribution is 7.99. The molecule has 0 atom stereocenters. The molecule has 2 aromatic heterocycles. The summed E-state index contributed by atoms with van der Waals surface area (Å²) >= 11 is 2.72. The van der Waals surface area contributed by atoms with E-state index in [1.165, 1.54) is 52.2 Å². The van der Waals surface area contributed by atoms with Crippen LogP contribution in [-0.2, 0) is 35.4 Å². The van der Waals surface area contributed by atoms with E-state index in [1.54, 1.807) is 4.57 Å². The average Bonchev–Trinajstić information content (AvgIpc) is 3.38. The molecule has 1 aliphatic rings. The van der Waals surface area contributed by atoms with Crippen molar-refractivity contribution in [1.82, 2.24) is 14.8 Å². The van der Waals surface area contributed by atoms with Gasteiger partial charge in [-0.05, 0) is 62.4 Å². The predicted octanol–water partition coefficient (Wildman–Crippen LogP) is 4.16. The number of carbonyl (C=O) groups is 2. The van der Waals surface area contributed by atoms with Crippen molar-refractivity contribution < 1.29 is 14.0 Å². The number of aromatic nitrogens is 3. The van der Waals surface area contributed by atoms with E-state index in [9.17, 15) is 19.2 Å². The quantitative estimate of drug-likeness (QED) is 0.451. The second-order valence-electron chi connectivity index (χ2n) is 7.74. The molecule has 0 radical (unpaired) electrons. The van der Waals surface area contributed by atoms with Gasteiger partial charge in [0.05, 0.1) is 17.7 Å². The summed E-state index contributed by atoms with van der Waals surface area (Å²) < 4.78 is 14.8. The molecule has 0 unspecified atom stereocenters. The van der Waals surface area contributed by atoms with Crippen LogP contribution in [0.25, 0.3) is 0 Å². The van der Waals surface area contributed by atoms with E-state index in [4.69, 9.17) is 0 Å². The molecule has 8 nitrogen and oxygen atoms in total. The lowest BCUT2D eigenvalue weighted by Crippen LogP contribution is -2.18. The lowest BCUT2D eigenvalue weighted by molar-refractivity contribution is -0.116. The summed E-state index contributed by atoms with van der Waals surface area (Å²) in [5.41, 5.74) is 2.16. The first-order valence-electron chi connectivity index (χ1n) is 10.9. The van der Waals surface area contributed by atoms with Gasteiger partial charge in [0, 0.05) is 17.1 Å². The van der Waals surface area contributed by atoms with E-state index >= 15 is 0 Å². The number of aryl methyl sites for hydroxylation is 1. The van der Waals surface area contributed by atoms with Gasteiger partial charge in [0.25, 0.3) is 0 Å². The van der Waals surface area contributed by atoms with Gasteiger partial charge in [0.2, 0.25) is 11.8 Å². The molecule has 0 fully saturated rings.